The highest BCUT2D eigenvalue weighted by Crippen LogP contribution is 2.40. The van der Waals surface area contributed by atoms with Crippen LogP contribution < -0.4 is 10.6 Å². The molecule has 3 heterocycles. The molecule has 2 aromatic rings. The molecule has 2 N–H and O–H groups in total. The van der Waals surface area contributed by atoms with E-state index in [-0.39, 0.29) is 17.9 Å². The van der Waals surface area contributed by atoms with E-state index in [1.54, 1.807) is 23.5 Å². The van der Waals surface area contributed by atoms with Gasteiger partial charge in [0.1, 0.15) is 17.0 Å². The number of likely N-dealkylation sites (N-methyl/N-ethyl adjacent to an activating group) is 1. The molecule has 4 rings (SSSR count). The molecule has 1 amide bonds. The molecule has 4 nitrogen and oxygen atoms in total. The van der Waals surface area contributed by atoms with E-state index in [4.69, 9.17) is 0 Å². The Kier molecular flexibility index (Phi) is 3.58. The molecule has 1 aromatic carbocycles. The lowest BCUT2D eigenvalue weighted by molar-refractivity contribution is 0.0934. The van der Waals surface area contributed by atoms with Crippen molar-refractivity contribution in [2.45, 2.75) is 26.1 Å². The van der Waals surface area contributed by atoms with Crippen LogP contribution in [-0.2, 0) is 13.0 Å². The molecule has 0 fully saturated rings. The Morgan fingerprint density at radius 1 is 1.30 bits per heavy atom. The van der Waals surface area contributed by atoms with Crippen LogP contribution in [0.4, 0.5) is 9.39 Å². The smallest absolute Gasteiger partial charge is 0.256 e. The molecule has 23 heavy (non-hydrogen) atoms. The molecule has 1 atom stereocenters. The van der Waals surface area contributed by atoms with Crippen molar-refractivity contribution in [3.05, 3.63) is 51.7 Å². The fraction of sp³-hybridized carbons (Fsp3) is 0.353. The van der Waals surface area contributed by atoms with Crippen molar-refractivity contribution in [3.8, 4) is 0 Å². The summed E-state index contributed by atoms with van der Waals surface area (Å²) in [7, 11) is 0. The van der Waals surface area contributed by atoms with Gasteiger partial charge in [0.05, 0.1) is 5.56 Å². The van der Waals surface area contributed by atoms with Gasteiger partial charge in [-0.05, 0) is 36.2 Å². The van der Waals surface area contributed by atoms with Gasteiger partial charge < -0.3 is 10.6 Å². The van der Waals surface area contributed by atoms with Crippen molar-refractivity contribution in [2.75, 3.05) is 18.4 Å². The van der Waals surface area contributed by atoms with Crippen LogP contribution >= 0.6 is 11.3 Å². The number of hydrogen-bond donors (Lipinski definition) is 2. The third-order valence-corrected chi connectivity index (χ3v) is 5.71. The zero-order chi connectivity index (χ0) is 16.0. The Balaban J connectivity index is 1.66. The average Bonchev–Trinajstić information content (AvgIpc) is 2.93. The van der Waals surface area contributed by atoms with Gasteiger partial charge in [0.25, 0.3) is 5.91 Å². The largest absolute Gasteiger partial charge is 0.353 e. The number of fused-ring (bicyclic) bond motifs is 3. The highest BCUT2D eigenvalue weighted by molar-refractivity contribution is 7.16. The van der Waals surface area contributed by atoms with Crippen LogP contribution in [0.15, 0.2) is 24.3 Å². The molecule has 120 valence electrons. The van der Waals surface area contributed by atoms with Crippen LogP contribution in [0, 0.1) is 5.82 Å². The molecule has 0 saturated heterocycles. The highest BCUT2D eigenvalue weighted by Gasteiger charge is 2.33. The maximum absolute atomic E-state index is 13.1. The Labute approximate surface area is 138 Å². The number of nitrogens with one attached hydrogen (secondary N) is 2. The van der Waals surface area contributed by atoms with Gasteiger partial charge in [-0.15, -0.1) is 11.3 Å². The topological polar surface area (TPSA) is 44.4 Å². The fourth-order valence-electron chi connectivity index (χ4n) is 3.26. The van der Waals surface area contributed by atoms with E-state index in [9.17, 15) is 9.18 Å². The standard InChI is InChI=1S/C17H18FN3OS/c1-2-21-8-7-12-13(9-21)23-17-14(12)16(22)19-15(20-17)10-3-5-11(18)6-4-10/h3-6,15,20H,2,7-9H2,1H3,(H,19,22)/t15-/m0/s1. The molecule has 0 radical (unpaired) electrons. The minimum absolute atomic E-state index is 0.0319. The van der Waals surface area contributed by atoms with Gasteiger partial charge in [-0.25, -0.2) is 4.39 Å². The summed E-state index contributed by atoms with van der Waals surface area (Å²) in [6.45, 7) is 5.11. The number of carbonyl (C=O) groups is 1. The molecule has 0 aliphatic carbocycles. The number of benzene rings is 1. The molecule has 0 spiro atoms. The average molecular weight is 331 g/mol. The van der Waals surface area contributed by atoms with E-state index in [1.807, 2.05) is 0 Å². The number of halogens is 1. The first-order valence-corrected chi connectivity index (χ1v) is 8.67. The van der Waals surface area contributed by atoms with E-state index in [0.29, 0.717) is 0 Å². The predicted molar refractivity (Wildman–Crippen MR) is 89.2 cm³/mol. The van der Waals surface area contributed by atoms with Crippen molar-refractivity contribution >= 4 is 22.2 Å². The van der Waals surface area contributed by atoms with Gasteiger partial charge >= 0.3 is 0 Å². The molecular weight excluding hydrogens is 313 g/mol. The van der Waals surface area contributed by atoms with Crippen LogP contribution in [0.25, 0.3) is 0 Å². The van der Waals surface area contributed by atoms with Gasteiger partial charge in [0.15, 0.2) is 0 Å². The maximum atomic E-state index is 13.1. The molecule has 0 unspecified atom stereocenters. The summed E-state index contributed by atoms with van der Waals surface area (Å²) in [5.74, 6) is -0.307. The number of amides is 1. The lowest BCUT2D eigenvalue weighted by atomic mass is 10.0. The zero-order valence-corrected chi connectivity index (χ0v) is 13.7. The van der Waals surface area contributed by atoms with Gasteiger partial charge in [-0.1, -0.05) is 19.1 Å². The zero-order valence-electron chi connectivity index (χ0n) is 12.9. The second-order valence-electron chi connectivity index (χ2n) is 5.93. The SMILES string of the molecule is CCN1CCc2c(sc3c2C(=O)N[C@H](c2ccc(F)cc2)N3)C1. The van der Waals surface area contributed by atoms with E-state index in [2.05, 4.69) is 22.5 Å². The Bertz CT molecular complexity index is 756. The van der Waals surface area contributed by atoms with Crippen LogP contribution in [0.2, 0.25) is 0 Å². The monoisotopic (exact) mass is 331 g/mol. The summed E-state index contributed by atoms with van der Waals surface area (Å²) in [5, 5.41) is 7.33. The predicted octanol–water partition coefficient (Wildman–Crippen LogP) is 3.12. The van der Waals surface area contributed by atoms with Crippen LogP contribution in [-0.4, -0.2) is 23.9 Å². The Hall–Kier alpha value is -1.92. The first-order valence-electron chi connectivity index (χ1n) is 7.85. The second-order valence-corrected chi connectivity index (χ2v) is 7.03. The van der Waals surface area contributed by atoms with E-state index < -0.39 is 0 Å². The van der Waals surface area contributed by atoms with Crippen molar-refractivity contribution in [2.24, 2.45) is 0 Å². The summed E-state index contributed by atoms with van der Waals surface area (Å²) < 4.78 is 13.1. The van der Waals surface area contributed by atoms with E-state index >= 15 is 0 Å². The van der Waals surface area contributed by atoms with Crippen molar-refractivity contribution in [1.29, 1.82) is 0 Å². The molecule has 0 bridgehead atoms. The van der Waals surface area contributed by atoms with Crippen molar-refractivity contribution in [1.82, 2.24) is 10.2 Å². The van der Waals surface area contributed by atoms with Crippen molar-refractivity contribution < 1.29 is 9.18 Å². The maximum Gasteiger partial charge on any atom is 0.256 e. The summed E-state index contributed by atoms with van der Waals surface area (Å²) in [6.07, 6.45) is 0.615. The fourth-order valence-corrected chi connectivity index (χ4v) is 4.58. The normalized spacial score (nSPS) is 20.4. The Morgan fingerprint density at radius 3 is 2.83 bits per heavy atom. The summed E-state index contributed by atoms with van der Waals surface area (Å²) in [5.41, 5.74) is 2.85. The lowest BCUT2D eigenvalue weighted by Crippen LogP contribution is -2.38. The lowest BCUT2D eigenvalue weighted by Gasteiger charge is -2.28. The van der Waals surface area contributed by atoms with Gasteiger partial charge in [-0.2, -0.15) is 0 Å². The molecule has 2 aliphatic heterocycles. The third-order valence-electron chi connectivity index (χ3n) is 4.56. The minimum atomic E-state index is -0.307. The molecular formula is C17H18FN3OS. The molecule has 2 aliphatic rings. The van der Waals surface area contributed by atoms with Gasteiger partial charge in [0, 0.05) is 18.0 Å². The number of anilines is 1. The van der Waals surface area contributed by atoms with Crippen LogP contribution in [0.5, 0.6) is 0 Å². The van der Waals surface area contributed by atoms with Gasteiger partial charge in [-0.3, -0.25) is 9.69 Å². The third kappa shape index (κ3) is 2.52. The first-order chi connectivity index (χ1) is 11.2. The van der Waals surface area contributed by atoms with Gasteiger partial charge in [0.2, 0.25) is 0 Å². The second kappa shape index (κ2) is 5.62. The van der Waals surface area contributed by atoms with E-state index in [0.717, 1.165) is 42.2 Å². The van der Waals surface area contributed by atoms with Crippen molar-refractivity contribution in [3.63, 3.8) is 0 Å². The number of nitrogens with zero attached hydrogens (tertiary/aromatic N) is 1. The van der Waals surface area contributed by atoms with E-state index in [1.165, 1.54) is 22.6 Å². The molecule has 1 aromatic heterocycles. The minimum Gasteiger partial charge on any atom is -0.353 e. The molecule has 6 heteroatoms. The first kappa shape index (κ1) is 14.7. The van der Waals surface area contributed by atoms with Crippen LogP contribution in [0.3, 0.4) is 0 Å². The molecule has 0 saturated carbocycles. The van der Waals surface area contributed by atoms with Crippen LogP contribution in [0.1, 0.15) is 39.5 Å². The quantitative estimate of drug-likeness (QED) is 0.889. The number of rotatable bonds is 2. The summed E-state index contributed by atoms with van der Waals surface area (Å²) in [6, 6.07) is 6.23. The number of carbonyl (C=O) groups excluding carboxylic acids is 1. The number of thiophene rings is 1. The summed E-state index contributed by atoms with van der Waals surface area (Å²) >= 11 is 1.67. The summed E-state index contributed by atoms with van der Waals surface area (Å²) in [4.78, 5) is 16.3. The highest BCUT2D eigenvalue weighted by atomic mass is 32.1. The Morgan fingerprint density at radius 2 is 2.09 bits per heavy atom. The number of hydrogen-bond acceptors (Lipinski definition) is 4.